The van der Waals surface area contributed by atoms with Crippen molar-refractivity contribution in [3.63, 3.8) is 0 Å². The van der Waals surface area contributed by atoms with E-state index in [0.717, 1.165) is 13.3 Å². The molecule has 0 aliphatic rings. The molecule has 2 aromatic rings. The first kappa shape index (κ1) is 13.1. The van der Waals surface area contributed by atoms with Gasteiger partial charge < -0.3 is 0 Å². The zero-order chi connectivity index (χ0) is 11.7. The topological polar surface area (TPSA) is 0 Å². The molecule has 1 atom stereocenters. The van der Waals surface area contributed by atoms with Crippen LogP contribution in [0.5, 0.6) is 0 Å². The molecule has 1 unspecified atom stereocenters. The van der Waals surface area contributed by atoms with Gasteiger partial charge in [0.15, 0.2) is 0 Å². The average Bonchev–Trinajstić information content (AvgIpc) is 2.59. The van der Waals surface area contributed by atoms with Gasteiger partial charge in [-0.15, -0.1) is 11.3 Å². The summed E-state index contributed by atoms with van der Waals surface area (Å²) < 4.78 is 2.83. The molecule has 0 saturated carbocycles. The minimum Gasteiger partial charge on any atom is -0.126 e. The molecule has 2 rings (SSSR count). The molecule has 0 N–H and O–H groups in total. The highest BCUT2D eigenvalue weighted by Gasteiger charge is 2.16. The molecule has 1 aromatic heterocycles. The third-order valence-electron chi connectivity index (χ3n) is 2.09. The Labute approximate surface area is 128 Å². The summed E-state index contributed by atoms with van der Waals surface area (Å²) in [4.78, 5) is 1.35. The number of thiophene rings is 1. The van der Waals surface area contributed by atoms with Crippen LogP contribution in [0.1, 0.15) is 15.3 Å². The van der Waals surface area contributed by atoms with Crippen LogP contribution < -0.4 is 0 Å². The van der Waals surface area contributed by atoms with Crippen molar-refractivity contribution < 1.29 is 0 Å². The number of hydrogen-bond acceptors (Lipinski definition) is 1. The van der Waals surface area contributed by atoms with E-state index in [-0.39, 0.29) is 4.83 Å². The second-order valence-corrected chi connectivity index (χ2v) is 7.46. The van der Waals surface area contributed by atoms with Crippen molar-refractivity contribution in [3.05, 3.63) is 54.1 Å². The van der Waals surface area contributed by atoms with E-state index in [1.54, 1.807) is 11.3 Å². The smallest absolute Gasteiger partial charge is 0.107 e. The van der Waals surface area contributed by atoms with Gasteiger partial charge in [0, 0.05) is 13.8 Å². The highest BCUT2D eigenvalue weighted by Crippen LogP contribution is 2.42. The predicted octanol–water partition coefficient (Wildman–Crippen LogP) is 6.41. The predicted molar refractivity (Wildman–Crippen MR) is 81.9 cm³/mol. The Morgan fingerprint density at radius 2 is 1.81 bits per heavy atom. The minimum absolute atomic E-state index is 0.164. The summed E-state index contributed by atoms with van der Waals surface area (Å²) in [6.07, 6.45) is 0. The molecule has 0 amide bonds. The molecule has 0 radical (unpaired) electrons. The number of benzene rings is 1. The van der Waals surface area contributed by atoms with Crippen LogP contribution >= 0.6 is 70.7 Å². The highest BCUT2D eigenvalue weighted by molar-refractivity contribution is 9.11. The maximum absolute atomic E-state index is 6.04. The Kier molecular flexibility index (Phi) is 4.52. The molecule has 0 fully saturated rings. The molecule has 1 aromatic carbocycles. The molecule has 0 spiro atoms. The largest absolute Gasteiger partial charge is 0.126 e. The fraction of sp³-hybridized carbons (Fsp3) is 0.0909. The summed E-state index contributed by atoms with van der Waals surface area (Å²) in [6, 6.07) is 10.2. The van der Waals surface area contributed by atoms with Crippen LogP contribution in [0.15, 0.2) is 39.3 Å². The van der Waals surface area contributed by atoms with Crippen LogP contribution in [0.3, 0.4) is 0 Å². The Hall–Kier alpha value is 0.650. The Morgan fingerprint density at radius 3 is 2.38 bits per heavy atom. The summed E-state index contributed by atoms with van der Waals surface area (Å²) in [6.45, 7) is 0. The molecule has 1 heterocycles. The van der Waals surface area contributed by atoms with E-state index in [9.17, 15) is 0 Å². The molecular weight excluding hydrogens is 439 g/mol. The van der Waals surface area contributed by atoms with Gasteiger partial charge in [0.2, 0.25) is 0 Å². The van der Waals surface area contributed by atoms with E-state index < -0.39 is 0 Å². The van der Waals surface area contributed by atoms with Crippen LogP contribution in [-0.2, 0) is 0 Å². The Morgan fingerprint density at radius 1 is 1.12 bits per heavy atom. The van der Waals surface area contributed by atoms with E-state index in [4.69, 9.17) is 11.6 Å². The average molecular weight is 445 g/mol. The van der Waals surface area contributed by atoms with Gasteiger partial charge >= 0.3 is 0 Å². The van der Waals surface area contributed by atoms with E-state index in [2.05, 4.69) is 53.9 Å². The molecule has 0 aliphatic carbocycles. The van der Waals surface area contributed by atoms with Crippen molar-refractivity contribution in [1.82, 2.24) is 0 Å². The first-order valence-corrected chi connectivity index (χ1v) is 8.12. The van der Waals surface area contributed by atoms with Gasteiger partial charge in [0.1, 0.15) is 4.34 Å². The summed E-state index contributed by atoms with van der Waals surface area (Å²) in [5.41, 5.74) is 1.20. The standard InChI is InChI=1S/C11H6Br3ClS/c12-7-4-2-1-3-6(7)10(14)9-5-8(13)11(15)16-9/h1-5,10H. The number of alkyl halides is 1. The Balaban J connectivity index is 2.39. The lowest BCUT2D eigenvalue weighted by Gasteiger charge is -2.09. The van der Waals surface area contributed by atoms with Crippen molar-refractivity contribution in [2.75, 3.05) is 0 Å². The van der Waals surface area contributed by atoms with Crippen LogP contribution in [0, 0.1) is 0 Å². The van der Waals surface area contributed by atoms with Crippen molar-refractivity contribution in [2.24, 2.45) is 0 Å². The fourth-order valence-corrected chi connectivity index (χ4v) is 4.69. The lowest BCUT2D eigenvalue weighted by Crippen LogP contribution is -1.90. The summed E-state index contributed by atoms with van der Waals surface area (Å²) >= 11 is 18.3. The number of rotatable bonds is 2. The van der Waals surface area contributed by atoms with Crippen molar-refractivity contribution in [1.29, 1.82) is 0 Å². The van der Waals surface area contributed by atoms with Gasteiger partial charge in [-0.25, -0.2) is 0 Å². The second-order valence-electron chi connectivity index (χ2n) is 3.15. The molecule has 0 nitrogen and oxygen atoms in total. The van der Waals surface area contributed by atoms with Gasteiger partial charge in [-0.1, -0.05) is 61.7 Å². The summed E-state index contributed by atoms with van der Waals surface area (Å²) in [7, 11) is 0. The zero-order valence-corrected chi connectivity index (χ0v) is 14.2. The van der Waals surface area contributed by atoms with Gasteiger partial charge in [-0.3, -0.25) is 0 Å². The van der Waals surface area contributed by atoms with Crippen molar-refractivity contribution in [2.45, 2.75) is 4.83 Å². The first-order chi connectivity index (χ1) is 7.59. The molecule has 5 heteroatoms. The highest BCUT2D eigenvalue weighted by atomic mass is 79.9. The maximum Gasteiger partial charge on any atom is 0.107 e. The van der Waals surface area contributed by atoms with E-state index in [1.165, 1.54) is 10.4 Å². The van der Waals surface area contributed by atoms with E-state index in [0.29, 0.717) is 0 Å². The van der Waals surface area contributed by atoms with Gasteiger partial charge in [0.05, 0.1) is 4.83 Å². The normalized spacial score (nSPS) is 12.8. The SMILES string of the molecule is Clc1sc(C(Br)c2ccccc2Br)cc1Br. The molecule has 0 bridgehead atoms. The molecule has 0 aliphatic heterocycles. The lowest BCUT2D eigenvalue weighted by molar-refractivity contribution is 1.21. The van der Waals surface area contributed by atoms with Gasteiger partial charge in [-0.05, 0) is 33.6 Å². The molecule has 84 valence electrons. The van der Waals surface area contributed by atoms with Crippen molar-refractivity contribution in [3.8, 4) is 0 Å². The van der Waals surface area contributed by atoms with E-state index >= 15 is 0 Å². The lowest BCUT2D eigenvalue weighted by atomic mass is 10.1. The molecular formula is C11H6Br3ClS. The fourth-order valence-electron chi connectivity index (χ4n) is 1.32. The van der Waals surface area contributed by atoms with E-state index in [1.807, 2.05) is 24.3 Å². The van der Waals surface area contributed by atoms with Crippen LogP contribution in [0.2, 0.25) is 4.34 Å². The maximum atomic E-state index is 6.04. The molecule has 16 heavy (non-hydrogen) atoms. The zero-order valence-electron chi connectivity index (χ0n) is 7.88. The second kappa shape index (κ2) is 5.53. The molecule has 0 saturated heterocycles. The quantitative estimate of drug-likeness (QED) is 0.469. The van der Waals surface area contributed by atoms with Crippen LogP contribution in [-0.4, -0.2) is 0 Å². The third-order valence-corrected chi connectivity index (χ3v) is 6.64. The number of hydrogen-bond donors (Lipinski definition) is 0. The first-order valence-electron chi connectivity index (χ1n) is 4.43. The van der Waals surface area contributed by atoms with Gasteiger partial charge in [-0.2, -0.15) is 0 Å². The monoisotopic (exact) mass is 442 g/mol. The third kappa shape index (κ3) is 2.72. The van der Waals surface area contributed by atoms with Gasteiger partial charge in [0.25, 0.3) is 0 Å². The van der Waals surface area contributed by atoms with Crippen LogP contribution in [0.4, 0.5) is 0 Å². The minimum atomic E-state index is 0.164. The number of halogens is 4. The summed E-state index contributed by atoms with van der Waals surface area (Å²) in [5, 5.41) is 0. The van der Waals surface area contributed by atoms with Crippen molar-refractivity contribution >= 4 is 70.7 Å². The van der Waals surface area contributed by atoms with Crippen LogP contribution in [0.25, 0.3) is 0 Å². The summed E-state index contributed by atoms with van der Waals surface area (Å²) in [5.74, 6) is 0. The Bertz CT molecular complexity index is 490.